The largest absolute Gasteiger partial charge is 0.493 e. The number of carbonyl (C=O) groups excluding carboxylic acids is 1. The summed E-state index contributed by atoms with van der Waals surface area (Å²) in [6.07, 6.45) is 5.63. The van der Waals surface area contributed by atoms with Crippen molar-refractivity contribution in [3.8, 4) is 5.75 Å². The number of hydrogen-bond donors (Lipinski definition) is 0. The molecule has 0 spiro atoms. The summed E-state index contributed by atoms with van der Waals surface area (Å²) in [6.45, 7) is 2.36. The summed E-state index contributed by atoms with van der Waals surface area (Å²) in [4.78, 5) is 16.1. The standard InChI is InChI=1S/C17H19FN2O2/c1-11-8-14(21)17-15(6-5-13(18)16(11)17)22-7-3-4-12-9-19-10-20(12)2/h5-6,9-11H,3-4,7-8H2,1-2H3/t11-/m0/s1. The van der Waals surface area contributed by atoms with Gasteiger partial charge >= 0.3 is 0 Å². The van der Waals surface area contributed by atoms with Gasteiger partial charge in [0.05, 0.1) is 18.5 Å². The highest BCUT2D eigenvalue weighted by Gasteiger charge is 2.32. The fraction of sp³-hybridized carbons (Fsp3) is 0.412. The van der Waals surface area contributed by atoms with Gasteiger partial charge < -0.3 is 9.30 Å². The van der Waals surface area contributed by atoms with Crippen LogP contribution in [0.1, 0.15) is 47.3 Å². The highest BCUT2D eigenvalue weighted by molar-refractivity contribution is 6.03. The lowest BCUT2D eigenvalue weighted by Gasteiger charge is -2.12. The van der Waals surface area contributed by atoms with Crippen molar-refractivity contribution in [2.75, 3.05) is 6.61 Å². The highest BCUT2D eigenvalue weighted by atomic mass is 19.1. The predicted octanol–water partition coefficient (Wildman–Crippen LogP) is 3.26. The molecule has 0 radical (unpaired) electrons. The molecule has 1 atom stereocenters. The number of fused-ring (bicyclic) bond motifs is 1. The number of aryl methyl sites for hydroxylation is 2. The number of ether oxygens (including phenoxy) is 1. The van der Waals surface area contributed by atoms with Crippen LogP contribution in [0.3, 0.4) is 0 Å². The Morgan fingerprint density at radius 2 is 2.27 bits per heavy atom. The second kappa shape index (κ2) is 5.91. The number of ketones is 1. The summed E-state index contributed by atoms with van der Waals surface area (Å²) >= 11 is 0. The molecule has 116 valence electrons. The first-order chi connectivity index (χ1) is 10.6. The molecular formula is C17H19FN2O2. The van der Waals surface area contributed by atoms with Gasteiger partial charge in [-0.3, -0.25) is 4.79 Å². The highest BCUT2D eigenvalue weighted by Crippen LogP contribution is 2.39. The van der Waals surface area contributed by atoms with Crippen LogP contribution in [0.25, 0.3) is 0 Å². The molecule has 0 bridgehead atoms. The Labute approximate surface area is 128 Å². The number of nitrogens with zero attached hydrogens (tertiary/aromatic N) is 2. The number of halogens is 1. The third-order valence-electron chi connectivity index (χ3n) is 4.17. The van der Waals surface area contributed by atoms with Crippen LogP contribution in [0.4, 0.5) is 4.39 Å². The maximum atomic E-state index is 13.9. The van der Waals surface area contributed by atoms with Gasteiger partial charge in [-0.2, -0.15) is 0 Å². The van der Waals surface area contributed by atoms with Crippen LogP contribution in [0.2, 0.25) is 0 Å². The van der Waals surface area contributed by atoms with E-state index in [1.807, 2.05) is 24.7 Å². The van der Waals surface area contributed by atoms with Crippen molar-refractivity contribution in [1.82, 2.24) is 9.55 Å². The predicted molar refractivity (Wildman–Crippen MR) is 80.8 cm³/mol. The summed E-state index contributed by atoms with van der Waals surface area (Å²) in [6, 6.07) is 2.96. The van der Waals surface area contributed by atoms with Crippen LogP contribution in [0.15, 0.2) is 24.7 Å². The van der Waals surface area contributed by atoms with E-state index in [4.69, 9.17) is 4.74 Å². The van der Waals surface area contributed by atoms with E-state index in [2.05, 4.69) is 4.98 Å². The van der Waals surface area contributed by atoms with E-state index in [9.17, 15) is 9.18 Å². The average molecular weight is 302 g/mol. The lowest BCUT2D eigenvalue weighted by atomic mass is 10.0. The molecule has 4 nitrogen and oxygen atoms in total. The number of benzene rings is 1. The minimum Gasteiger partial charge on any atom is -0.493 e. The maximum absolute atomic E-state index is 13.9. The fourth-order valence-corrected chi connectivity index (χ4v) is 3.01. The van der Waals surface area contributed by atoms with Gasteiger partial charge in [0.15, 0.2) is 5.78 Å². The summed E-state index contributed by atoms with van der Waals surface area (Å²) in [5.41, 5.74) is 2.08. The van der Waals surface area contributed by atoms with E-state index in [0.717, 1.165) is 18.5 Å². The Morgan fingerprint density at radius 3 is 3.00 bits per heavy atom. The first kappa shape index (κ1) is 14.8. The van der Waals surface area contributed by atoms with Crippen molar-refractivity contribution < 1.29 is 13.9 Å². The minimum absolute atomic E-state index is 0.0244. The zero-order valence-corrected chi connectivity index (χ0v) is 12.8. The quantitative estimate of drug-likeness (QED) is 0.796. The molecule has 3 rings (SSSR count). The summed E-state index contributed by atoms with van der Waals surface area (Å²) in [7, 11) is 1.95. The molecule has 5 heteroatoms. The molecule has 1 heterocycles. The molecule has 0 aliphatic heterocycles. The SMILES string of the molecule is C[C@H]1CC(=O)c2c(OCCCc3cncn3C)ccc(F)c21. The zero-order valence-electron chi connectivity index (χ0n) is 12.8. The van der Waals surface area contributed by atoms with Crippen molar-refractivity contribution in [1.29, 1.82) is 0 Å². The van der Waals surface area contributed by atoms with Gasteiger partial charge in [0.2, 0.25) is 0 Å². The molecule has 1 aromatic carbocycles. The van der Waals surface area contributed by atoms with Crippen molar-refractivity contribution in [3.05, 3.63) is 47.3 Å². The van der Waals surface area contributed by atoms with Crippen molar-refractivity contribution >= 4 is 5.78 Å². The first-order valence-corrected chi connectivity index (χ1v) is 7.51. The van der Waals surface area contributed by atoms with Gasteiger partial charge in [-0.15, -0.1) is 0 Å². The van der Waals surface area contributed by atoms with E-state index < -0.39 is 0 Å². The molecule has 0 saturated carbocycles. The molecule has 22 heavy (non-hydrogen) atoms. The molecular weight excluding hydrogens is 283 g/mol. The number of Topliss-reactive ketones (excluding diaryl/α,β-unsaturated/α-hetero) is 1. The Morgan fingerprint density at radius 1 is 1.45 bits per heavy atom. The van der Waals surface area contributed by atoms with E-state index in [-0.39, 0.29) is 17.5 Å². The van der Waals surface area contributed by atoms with Crippen LogP contribution in [0, 0.1) is 5.82 Å². The van der Waals surface area contributed by atoms with Crippen LogP contribution < -0.4 is 4.74 Å². The fourth-order valence-electron chi connectivity index (χ4n) is 3.01. The molecule has 0 amide bonds. The van der Waals surface area contributed by atoms with Crippen LogP contribution in [-0.2, 0) is 13.5 Å². The van der Waals surface area contributed by atoms with E-state index in [1.165, 1.54) is 6.07 Å². The van der Waals surface area contributed by atoms with Gasteiger partial charge in [-0.1, -0.05) is 6.92 Å². The minimum atomic E-state index is -0.310. The topological polar surface area (TPSA) is 44.1 Å². The summed E-state index contributed by atoms with van der Waals surface area (Å²) in [5.74, 6) is 0.107. The molecule has 2 aromatic rings. The van der Waals surface area contributed by atoms with E-state index >= 15 is 0 Å². The monoisotopic (exact) mass is 302 g/mol. The number of hydrogen-bond acceptors (Lipinski definition) is 3. The van der Waals surface area contributed by atoms with E-state index in [0.29, 0.717) is 29.9 Å². The van der Waals surface area contributed by atoms with Gasteiger partial charge in [0.1, 0.15) is 11.6 Å². The van der Waals surface area contributed by atoms with Gasteiger partial charge in [0.25, 0.3) is 0 Å². The summed E-state index contributed by atoms with van der Waals surface area (Å²) < 4.78 is 21.6. The van der Waals surface area contributed by atoms with Crippen molar-refractivity contribution in [2.24, 2.45) is 7.05 Å². The number of carbonyl (C=O) groups is 1. The third-order valence-corrected chi connectivity index (χ3v) is 4.17. The molecule has 1 aromatic heterocycles. The van der Waals surface area contributed by atoms with E-state index in [1.54, 1.807) is 12.4 Å². The zero-order chi connectivity index (χ0) is 15.7. The lowest BCUT2D eigenvalue weighted by molar-refractivity contribution is 0.0986. The number of rotatable bonds is 5. The van der Waals surface area contributed by atoms with Crippen LogP contribution >= 0.6 is 0 Å². The van der Waals surface area contributed by atoms with Crippen LogP contribution in [-0.4, -0.2) is 21.9 Å². The maximum Gasteiger partial charge on any atom is 0.167 e. The third kappa shape index (κ3) is 2.63. The van der Waals surface area contributed by atoms with Crippen LogP contribution in [0.5, 0.6) is 5.75 Å². The van der Waals surface area contributed by atoms with Crippen molar-refractivity contribution in [3.63, 3.8) is 0 Å². The molecule has 0 fully saturated rings. The van der Waals surface area contributed by atoms with Gasteiger partial charge in [0, 0.05) is 30.9 Å². The second-order valence-electron chi connectivity index (χ2n) is 5.81. The molecule has 0 unspecified atom stereocenters. The number of aromatic nitrogens is 2. The Hall–Kier alpha value is -2.17. The summed E-state index contributed by atoms with van der Waals surface area (Å²) in [5, 5.41) is 0. The average Bonchev–Trinajstić information content (AvgIpc) is 3.02. The number of imidazole rings is 1. The Bertz CT molecular complexity index is 709. The first-order valence-electron chi connectivity index (χ1n) is 7.51. The molecule has 0 N–H and O–H groups in total. The second-order valence-corrected chi connectivity index (χ2v) is 5.81. The smallest absolute Gasteiger partial charge is 0.167 e. The molecule has 1 aliphatic rings. The van der Waals surface area contributed by atoms with Gasteiger partial charge in [-0.25, -0.2) is 9.37 Å². The molecule has 0 saturated heterocycles. The lowest BCUT2D eigenvalue weighted by Crippen LogP contribution is -2.06. The Balaban J connectivity index is 1.67. The van der Waals surface area contributed by atoms with Gasteiger partial charge in [-0.05, 0) is 30.9 Å². The normalized spacial score (nSPS) is 16.9. The molecule has 1 aliphatic carbocycles. The van der Waals surface area contributed by atoms with Crippen molar-refractivity contribution in [2.45, 2.75) is 32.1 Å². The Kier molecular flexibility index (Phi) is 3.96.